The number of halogens is 2. The predicted octanol–water partition coefficient (Wildman–Crippen LogP) is 7.05. The fraction of sp³-hybridized carbons (Fsp3) is 0.158. The van der Waals surface area contributed by atoms with Crippen LogP contribution in [-0.4, -0.2) is 0 Å². The Kier molecular flexibility index (Phi) is 3.34. The monoisotopic (exact) mass is 388 g/mol. The Balaban J connectivity index is 2.10. The van der Waals surface area contributed by atoms with Crippen LogP contribution in [0, 0.1) is 0 Å². The van der Waals surface area contributed by atoms with Crippen molar-refractivity contribution in [2.24, 2.45) is 0 Å². The van der Waals surface area contributed by atoms with E-state index in [0.717, 1.165) is 9.50 Å². The molecule has 1 aliphatic rings. The van der Waals surface area contributed by atoms with Gasteiger partial charge in [-0.05, 0) is 40.1 Å². The Morgan fingerprint density at radius 3 is 2.45 bits per heavy atom. The molecule has 22 heavy (non-hydrogen) atoms. The van der Waals surface area contributed by atoms with E-state index < -0.39 is 0 Å². The van der Waals surface area contributed by atoms with E-state index in [9.17, 15) is 0 Å². The molecule has 0 aliphatic carbocycles. The van der Waals surface area contributed by atoms with Gasteiger partial charge < -0.3 is 0 Å². The second kappa shape index (κ2) is 5.02. The van der Waals surface area contributed by atoms with Crippen molar-refractivity contribution in [1.82, 2.24) is 0 Å². The van der Waals surface area contributed by atoms with Gasteiger partial charge in [-0.25, -0.2) is 0 Å². The molecular formula is C19H14BrClS. The first kappa shape index (κ1) is 14.6. The third kappa shape index (κ3) is 2.05. The average molecular weight is 390 g/mol. The summed E-state index contributed by atoms with van der Waals surface area (Å²) in [7, 11) is 0. The van der Waals surface area contributed by atoms with Crippen molar-refractivity contribution in [1.29, 1.82) is 0 Å². The summed E-state index contributed by atoms with van der Waals surface area (Å²) >= 11 is 11.7. The van der Waals surface area contributed by atoms with Crippen LogP contribution in [0.15, 0.2) is 62.8 Å². The van der Waals surface area contributed by atoms with E-state index >= 15 is 0 Å². The molecule has 110 valence electrons. The summed E-state index contributed by atoms with van der Waals surface area (Å²) < 4.78 is 1.15. The molecule has 3 aromatic carbocycles. The van der Waals surface area contributed by atoms with Crippen molar-refractivity contribution < 1.29 is 0 Å². The van der Waals surface area contributed by atoms with E-state index in [0.29, 0.717) is 0 Å². The van der Waals surface area contributed by atoms with Crippen molar-refractivity contribution in [2.75, 3.05) is 0 Å². The second-order valence-electron chi connectivity index (χ2n) is 6.14. The van der Waals surface area contributed by atoms with Crippen molar-refractivity contribution in [3.05, 3.63) is 69.2 Å². The van der Waals surface area contributed by atoms with Crippen LogP contribution >= 0.6 is 39.3 Å². The molecule has 0 aromatic heterocycles. The summed E-state index contributed by atoms with van der Waals surface area (Å²) in [5, 5.41) is 3.39. The Hall–Kier alpha value is -0.960. The summed E-state index contributed by atoms with van der Waals surface area (Å²) in [6.07, 6.45) is 0. The van der Waals surface area contributed by atoms with Gasteiger partial charge in [-0.1, -0.05) is 83.5 Å². The second-order valence-corrected chi connectivity index (χ2v) is 8.52. The summed E-state index contributed by atoms with van der Waals surface area (Å²) in [4.78, 5) is 2.57. The van der Waals surface area contributed by atoms with Crippen LogP contribution in [0.2, 0.25) is 5.02 Å². The molecule has 0 bridgehead atoms. The van der Waals surface area contributed by atoms with Crippen LogP contribution in [0.1, 0.15) is 25.0 Å². The van der Waals surface area contributed by atoms with Gasteiger partial charge in [0.15, 0.2) is 0 Å². The van der Waals surface area contributed by atoms with Gasteiger partial charge >= 0.3 is 0 Å². The minimum Gasteiger partial charge on any atom is -0.0893 e. The molecule has 0 amide bonds. The number of benzene rings is 3. The Morgan fingerprint density at radius 2 is 1.68 bits per heavy atom. The lowest BCUT2D eigenvalue weighted by atomic mass is 9.75. The lowest BCUT2D eigenvalue weighted by molar-refractivity contribution is 0.613. The molecule has 0 fully saturated rings. The molecule has 1 aliphatic heterocycles. The average Bonchev–Trinajstić information content (AvgIpc) is 2.46. The topological polar surface area (TPSA) is 0 Å². The highest BCUT2D eigenvalue weighted by Crippen LogP contribution is 2.52. The normalized spacial score (nSPS) is 15.5. The van der Waals surface area contributed by atoms with Crippen LogP contribution in [0.5, 0.6) is 0 Å². The minimum atomic E-state index is -0.0409. The van der Waals surface area contributed by atoms with Gasteiger partial charge in [0.1, 0.15) is 0 Å². The molecule has 1 heterocycles. The third-order valence-electron chi connectivity index (χ3n) is 4.42. The van der Waals surface area contributed by atoms with Crippen LogP contribution in [-0.2, 0) is 5.41 Å². The summed E-state index contributed by atoms with van der Waals surface area (Å²) in [5.41, 5.74) is 2.72. The molecule has 0 N–H and O–H groups in total. The maximum Gasteiger partial charge on any atom is 0.0417 e. The molecule has 0 saturated carbocycles. The summed E-state index contributed by atoms with van der Waals surface area (Å²) in [6.45, 7) is 4.61. The lowest BCUT2D eigenvalue weighted by Gasteiger charge is -2.36. The quantitative estimate of drug-likeness (QED) is 0.397. The van der Waals surface area contributed by atoms with Gasteiger partial charge in [-0.3, -0.25) is 0 Å². The number of rotatable bonds is 0. The van der Waals surface area contributed by atoms with Crippen molar-refractivity contribution in [3.63, 3.8) is 0 Å². The van der Waals surface area contributed by atoms with Crippen LogP contribution < -0.4 is 0 Å². The number of hydrogen-bond acceptors (Lipinski definition) is 1. The Morgan fingerprint density at radius 1 is 0.955 bits per heavy atom. The largest absolute Gasteiger partial charge is 0.0893 e. The van der Waals surface area contributed by atoms with Gasteiger partial charge in [0, 0.05) is 24.7 Å². The molecule has 3 aromatic rings. The molecular weight excluding hydrogens is 376 g/mol. The predicted molar refractivity (Wildman–Crippen MR) is 99.4 cm³/mol. The zero-order chi connectivity index (χ0) is 15.5. The first-order valence-corrected chi connectivity index (χ1v) is 9.17. The van der Waals surface area contributed by atoms with Crippen LogP contribution in [0.3, 0.4) is 0 Å². The highest BCUT2D eigenvalue weighted by Gasteiger charge is 2.35. The minimum absolute atomic E-state index is 0.0409. The molecule has 0 nitrogen and oxygen atoms in total. The standard InChI is InChI=1S/C19H14BrClS/c1-19(2)14-8-7-11(21)9-16(14)22-17-10-15(20)12-5-3-4-6-13(12)18(17)19/h3-10H,1-2H3. The molecule has 0 spiro atoms. The SMILES string of the molecule is CC1(C)c2ccc(Cl)cc2Sc2cc(Br)c3ccccc3c21. The van der Waals surface area contributed by atoms with Crippen molar-refractivity contribution in [3.8, 4) is 0 Å². The fourth-order valence-corrected chi connectivity index (χ4v) is 5.85. The lowest BCUT2D eigenvalue weighted by Crippen LogP contribution is -2.24. The van der Waals surface area contributed by atoms with Gasteiger partial charge in [0.05, 0.1) is 0 Å². The van der Waals surface area contributed by atoms with E-state index in [1.54, 1.807) is 0 Å². The van der Waals surface area contributed by atoms with Crippen molar-refractivity contribution in [2.45, 2.75) is 29.1 Å². The summed E-state index contributed by atoms with van der Waals surface area (Å²) in [5.74, 6) is 0. The fourth-order valence-electron chi connectivity index (χ4n) is 3.38. The van der Waals surface area contributed by atoms with Gasteiger partial charge in [0.25, 0.3) is 0 Å². The van der Waals surface area contributed by atoms with Gasteiger partial charge in [-0.2, -0.15) is 0 Å². The third-order valence-corrected chi connectivity index (χ3v) is 6.41. The summed E-state index contributed by atoms with van der Waals surface area (Å²) in [6, 6.07) is 17.1. The maximum atomic E-state index is 6.20. The first-order valence-electron chi connectivity index (χ1n) is 7.18. The molecule has 0 saturated heterocycles. The molecule has 3 heteroatoms. The molecule has 0 unspecified atom stereocenters. The van der Waals surface area contributed by atoms with Gasteiger partial charge in [0.2, 0.25) is 0 Å². The zero-order valence-corrected chi connectivity index (χ0v) is 15.4. The molecule has 0 radical (unpaired) electrons. The van der Waals surface area contributed by atoms with E-state index in [-0.39, 0.29) is 5.41 Å². The van der Waals surface area contributed by atoms with Crippen molar-refractivity contribution >= 4 is 50.1 Å². The Bertz CT molecular complexity index is 915. The zero-order valence-electron chi connectivity index (χ0n) is 12.3. The first-order chi connectivity index (χ1) is 10.5. The number of fused-ring (bicyclic) bond motifs is 4. The smallest absolute Gasteiger partial charge is 0.0417 e. The van der Waals surface area contributed by atoms with E-state index in [2.05, 4.69) is 72.2 Å². The van der Waals surface area contributed by atoms with Crippen LogP contribution in [0.25, 0.3) is 10.8 Å². The van der Waals surface area contributed by atoms with E-state index in [4.69, 9.17) is 11.6 Å². The van der Waals surface area contributed by atoms with E-state index in [1.165, 1.54) is 31.7 Å². The molecule has 0 atom stereocenters. The highest BCUT2D eigenvalue weighted by atomic mass is 79.9. The van der Waals surface area contributed by atoms with Crippen LogP contribution in [0.4, 0.5) is 0 Å². The number of hydrogen-bond donors (Lipinski definition) is 0. The van der Waals surface area contributed by atoms with Gasteiger partial charge in [-0.15, -0.1) is 0 Å². The Labute approximate surface area is 148 Å². The molecule has 4 rings (SSSR count). The maximum absolute atomic E-state index is 6.20. The van der Waals surface area contributed by atoms with E-state index in [1.807, 2.05) is 17.8 Å². The highest BCUT2D eigenvalue weighted by molar-refractivity contribution is 9.10.